The molecule has 2 N–H and O–H groups in total. The number of nitrogens with zero attached hydrogens (tertiary/aromatic N) is 1. The number of allylic oxidation sites excluding steroid dienone is 2. The number of hydrogen-bond donors (Lipinski definition) is 2. The Hall–Kier alpha value is -1.27. The molecule has 4 nitrogen and oxygen atoms in total. The SMILES string of the molecule is CC1=C(C)SC(CC(=O)c2ccc(O)cc2O)=[N+]1.[Br-]. The van der Waals surface area contributed by atoms with E-state index in [2.05, 4.69) is 4.99 Å². The van der Waals surface area contributed by atoms with Gasteiger partial charge in [-0.3, -0.25) is 4.79 Å². The summed E-state index contributed by atoms with van der Waals surface area (Å²) in [5, 5.41) is 19.5. The summed E-state index contributed by atoms with van der Waals surface area (Å²) in [7, 11) is 0. The van der Waals surface area contributed by atoms with Crippen LogP contribution in [0.4, 0.5) is 0 Å². The lowest BCUT2D eigenvalue weighted by atomic mass is 10.1. The van der Waals surface area contributed by atoms with E-state index >= 15 is 0 Å². The average molecular weight is 343 g/mol. The lowest BCUT2D eigenvalue weighted by Crippen LogP contribution is -3.00. The zero-order valence-electron chi connectivity index (χ0n) is 10.5. The van der Waals surface area contributed by atoms with Crippen molar-refractivity contribution in [3.8, 4) is 11.5 Å². The van der Waals surface area contributed by atoms with Gasteiger partial charge in [0, 0.05) is 13.0 Å². The van der Waals surface area contributed by atoms with Crippen LogP contribution in [0.5, 0.6) is 11.5 Å². The Morgan fingerprint density at radius 1 is 1.32 bits per heavy atom. The number of hydrogen-bond acceptors (Lipinski definition) is 5. The quantitative estimate of drug-likeness (QED) is 0.720. The Kier molecular flexibility index (Phi) is 5.20. The molecule has 0 aromatic heterocycles. The number of thioether (sulfide) groups is 1. The summed E-state index contributed by atoms with van der Waals surface area (Å²) >= 11 is 1.48. The Labute approximate surface area is 126 Å². The molecule has 1 aromatic carbocycles. The van der Waals surface area contributed by atoms with E-state index in [9.17, 15) is 9.90 Å². The molecule has 0 saturated carbocycles. The van der Waals surface area contributed by atoms with E-state index in [1.165, 1.54) is 23.9 Å². The molecule has 6 heteroatoms. The monoisotopic (exact) mass is 342 g/mol. The molecule has 1 aromatic rings. The number of phenolic OH excluding ortho intramolecular Hbond substituents is 2. The van der Waals surface area contributed by atoms with Crippen LogP contribution < -0.4 is 22.0 Å². The molecule has 1 heterocycles. The zero-order chi connectivity index (χ0) is 13.3. The lowest BCUT2D eigenvalue weighted by molar-refractivity contribution is -0.0000143. The minimum atomic E-state index is -0.207. The number of halogens is 1. The minimum absolute atomic E-state index is 0. The van der Waals surface area contributed by atoms with Crippen molar-refractivity contribution < 1.29 is 32.0 Å². The van der Waals surface area contributed by atoms with Gasteiger partial charge in [0.1, 0.15) is 17.9 Å². The molecular weight excluding hydrogens is 330 g/mol. The van der Waals surface area contributed by atoms with Crippen molar-refractivity contribution in [2.75, 3.05) is 0 Å². The number of phenols is 2. The molecule has 0 saturated heterocycles. The highest BCUT2D eigenvalue weighted by Crippen LogP contribution is 2.28. The Morgan fingerprint density at radius 2 is 2.00 bits per heavy atom. The fraction of sp³-hybridized carbons (Fsp3) is 0.231. The van der Waals surface area contributed by atoms with Crippen LogP contribution in [0.15, 0.2) is 28.8 Å². The van der Waals surface area contributed by atoms with Gasteiger partial charge in [-0.25, -0.2) is 0 Å². The molecule has 1 aliphatic rings. The topological polar surface area (TPSA) is 71.6 Å². The molecular formula is C13H13BrNO3S. The Balaban J connectivity index is 0.00000180. The normalized spacial score (nSPS) is 14.1. The van der Waals surface area contributed by atoms with Crippen LogP contribution in [0.3, 0.4) is 0 Å². The largest absolute Gasteiger partial charge is 1.00 e. The van der Waals surface area contributed by atoms with E-state index in [4.69, 9.17) is 5.11 Å². The number of Topliss-reactive ketones (excluding diaryl/α,β-unsaturated/α-hetero) is 1. The van der Waals surface area contributed by atoms with Crippen molar-refractivity contribution in [2.24, 2.45) is 0 Å². The summed E-state index contributed by atoms with van der Waals surface area (Å²) in [6, 6.07) is 3.96. The van der Waals surface area contributed by atoms with Gasteiger partial charge in [-0.2, -0.15) is 0 Å². The van der Waals surface area contributed by atoms with Gasteiger partial charge in [0.05, 0.1) is 15.5 Å². The van der Waals surface area contributed by atoms with E-state index in [0.717, 1.165) is 21.7 Å². The fourth-order valence-electron chi connectivity index (χ4n) is 1.60. The number of aliphatic imine (C=N–C) groups is 1. The molecule has 101 valence electrons. The summed E-state index contributed by atoms with van der Waals surface area (Å²) < 4.78 is 0. The molecule has 0 atom stereocenters. The molecule has 2 rings (SSSR count). The minimum Gasteiger partial charge on any atom is -1.00 e. The summed E-state index contributed by atoms with van der Waals surface area (Å²) in [6.07, 6.45) is 0.164. The number of rotatable bonds is 3. The van der Waals surface area contributed by atoms with E-state index < -0.39 is 0 Å². The van der Waals surface area contributed by atoms with Crippen molar-refractivity contribution in [3.63, 3.8) is 0 Å². The van der Waals surface area contributed by atoms with Crippen LogP contribution in [0.25, 0.3) is 0 Å². The first kappa shape index (κ1) is 15.8. The molecule has 1 radical (unpaired) electrons. The van der Waals surface area contributed by atoms with Crippen LogP contribution >= 0.6 is 11.8 Å². The first-order valence-corrected chi connectivity index (χ1v) is 6.27. The molecule has 0 amide bonds. The van der Waals surface area contributed by atoms with E-state index in [1.807, 2.05) is 13.8 Å². The van der Waals surface area contributed by atoms with Crippen molar-refractivity contribution in [1.82, 2.24) is 4.99 Å². The number of carbonyl (C=O) groups is 1. The van der Waals surface area contributed by atoms with Gasteiger partial charge in [0.25, 0.3) is 10.7 Å². The molecule has 0 fully saturated rings. The van der Waals surface area contributed by atoms with Crippen molar-refractivity contribution >= 4 is 22.6 Å². The summed E-state index contributed by atoms with van der Waals surface area (Å²) in [4.78, 5) is 17.4. The second kappa shape index (κ2) is 6.25. The highest BCUT2D eigenvalue weighted by Gasteiger charge is 2.28. The predicted octanol–water partition coefficient (Wildman–Crippen LogP) is -0.593. The maximum atomic E-state index is 12.0. The lowest BCUT2D eigenvalue weighted by Gasteiger charge is -2.01. The average Bonchev–Trinajstić information content (AvgIpc) is 2.57. The first-order chi connectivity index (χ1) is 8.47. The van der Waals surface area contributed by atoms with Gasteiger partial charge in [-0.1, -0.05) is 0 Å². The van der Waals surface area contributed by atoms with Gasteiger partial charge in [-0.05, 0) is 30.8 Å². The van der Waals surface area contributed by atoms with E-state index in [1.54, 1.807) is 0 Å². The van der Waals surface area contributed by atoms with Gasteiger partial charge in [-0.15, -0.1) is 0 Å². The molecule has 1 aliphatic heterocycles. The van der Waals surface area contributed by atoms with Crippen LogP contribution in [0.1, 0.15) is 30.6 Å². The highest BCUT2D eigenvalue weighted by atomic mass is 79.9. The highest BCUT2D eigenvalue weighted by molar-refractivity contribution is 8.17. The summed E-state index contributed by atoms with van der Waals surface area (Å²) in [6.45, 7) is 3.86. The second-order valence-corrected chi connectivity index (χ2v) is 5.34. The second-order valence-electron chi connectivity index (χ2n) is 4.05. The third-order valence-electron chi connectivity index (χ3n) is 2.67. The molecule has 0 unspecified atom stereocenters. The van der Waals surface area contributed by atoms with E-state index in [-0.39, 0.29) is 46.2 Å². The molecule has 0 aliphatic carbocycles. The Morgan fingerprint density at radius 3 is 2.53 bits per heavy atom. The number of ketones is 1. The Bertz CT molecular complexity index is 581. The smallest absolute Gasteiger partial charge is 0.300 e. The number of carbonyl (C=O) groups excluding carboxylic acids is 1. The van der Waals surface area contributed by atoms with Gasteiger partial charge >= 0.3 is 0 Å². The summed E-state index contributed by atoms with van der Waals surface area (Å²) in [5.41, 5.74) is 1.14. The maximum absolute atomic E-state index is 12.0. The van der Waals surface area contributed by atoms with Gasteiger partial charge in [0.2, 0.25) is 0 Å². The van der Waals surface area contributed by atoms with Gasteiger partial charge < -0.3 is 27.2 Å². The molecule has 0 bridgehead atoms. The molecule has 19 heavy (non-hydrogen) atoms. The fourth-order valence-corrected chi connectivity index (χ4v) is 2.54. The van der Waals surface area contributed by atoms with Gasteiger partial charge in [0.15, 0.2) is 5.78 Å². The standard InChI is InChI=1S/C13H13NO3S.BrH/c1-7-8(2)18-13(14-7)6-12(17)10-4-3-9(15)5-11(10)16;/h3-5,15-16H,6H2,1-2H3;1H/q+1;/p-1. The van der Waals surface area contributed by atoms with Crippen molar-refractivity contribution in [2.45, 2.75) is 20.3 Å². The molecule has 0 spiro atoms. The van der Waals surface area contributed by atoms with Crippen LogP contribution in [0, 0.1) is 0 Å². The summed E-state index contributed by atoms with van der Waals surface area (Å²) in [5.74, 6) is -0.476. The predicted molar refractivity (Wildman–Crippen MR) is 71.8 cm³/mol. The zero-order valence-corrected chi connectivity index (χ0v) is 12.9. The van der Waals surface area contributed by atoms with Crippen molar-refractivity contribution in [1.29, 1.82) is 0 Å². The van der Waals surface area contributed by atoms with Crippen molar-refractivity contribution in [3.05, 3.63) is 34.4 Å². The van der Waals surface area contributed by atoms with Crippen LogP contribution in [0.2, 0.25) is 0 Å². The third-order valence-corrected chi connectivity index (χ3v) is 3.74. The van der Waals surface area contributed by atoms with E-state index in [0.29, 0.717) is 0 Å². The van der Waals surface area contributed by atoms with Crippen LogP contribution in [-0.4, -0.2) is 21.0 Å². The third kappa shape index (κ3) is 3.61. The maximum Gasteiger partial charge on any atom is 0.300 e. The number of benzene rings is 1. The first-order valence-electron chi connectivity index (χ1n) is 5.45. The number of aromatic hydroxyl groups is 2. The van der Waals surface area contributed by atoms with Crippen LogP contribution in [-0.2, 0) is 0 Å².